The molecule has 0 bridgehead atoms. The van der Waals surface area contributed by atoms with E-state index in [0.29, 0.717) is 0 Å². The second kappa shape index (κ2) is 7.31. The van der Waals surface area contributed by atoms with Gasteiger partial charge in [-0.1, -0.05) is 44.8 Å². The van der Waals surface area contributed by atoms with Gasteiger partial charge in [-0.3, -0.25) is 0 Å². The van der Waals surface area contributed by atoms with Gasteiger partial charge in [0.2, 0.25) is 0 Å². The summed E-state index contributed by atoms with van der Waals surface area (Å²) in [5.41, 5.74) is 1.11. The predicted octanol–water partition coefficient (Wildman–Crippen LogP) is 4.41. The van der Waals surface area contributed by atoms with Gasteiger partial charge in [-0.15, -0.1) is 0 Å². The third kappa shape index (κ3) is 4.35. The van der Waals surface area contributed by atoms with Gasteiger partial charge in [0, 0.05) is 12.1 Å². The van der Waals surface area contributed by atoms with E-state index in [2.05, 4.69) is 44.8 Å². The lowest BCUT2D eigenvalue weighted by Gasteiger charge is -2.31. The molecule has 1 rings (SSSR count). The van der Waals surface area contributed by atoms with Crippen LogP contribution in [0.2, 0.25) is 19.6 Å². The van der Waals surface area contributed by atoms with E-state index >= 15 is 0 Å². The highest BCUT2D eigenvalue weighted by Gasteiger charge is 2.27. The summed E-state index contributed by atoms with van der Waals surface area (Å²) < 4.78 is 5.90. The molecule has 4 heteroatoms. The van der Waals surface area contributed by atoms with Crippen LogP contribution in [0, 0.1) is 0 Å². The third-order valence-corrected chi connectivity index (χ3v) is 5.81. The van der Waals surface area contributed by atoms with E-state index in [0.717, 1.165) is 17.7 Å². The van der Waals surface area contributed by atoms with Crippen LogP contribution in [0.4, 0.5) is 4.79 Å². The van der Waals surface area contributed by atoms with E-state index < -0.39 is 8.07 Å². The van der Waals surface area contributed by atoms with Gasteiger partial charge < -0.3 is 9.64 Å². The van der Waals surface area contributed by atoms with Crippen molar-refractivity contribution < 1.29 is 9.53 Å². The van der Waals surface area contributed by atoms with Gasteiger partial charge in [-0.2, -0.15) is 0 Å². The summed E-state index contributed by atoms with van der Waals surface area (Å²) in [7, 11) is -1.58. The lowest BCUT2D eigenvalue weighted by molar-refractivity contribution is 0.122. The van der Waals surface area contributed by atoms with Crippen LogP contribution in [-0.4, -0.2) is 31.2 Å². The highest BCUT2D eigenvalue weighted by molar-refractivity contribution is 6.89. The van der Waals surface area contributed by atoms with E-state index in [1.807, 2.05) is 27.7 Å². The molecule has 0 heterocycles. The maximum Gasteiger partial charge on any atom is 0.415 e. The number of carbonyl (C=O) groups is 1. The summed E-state index contributed by atoms with van der Waals surface area (Å²) in [5.74, 6) is 0.792. The maximum atomic E-state index is 12.7. The number of aryl methyl sites for hydroxylation is 1. The number of hydrogen-bond acceptors (Lipinski definition) is 2. The zero-order valence-electron chi connectivity index (χ0n) is 15.4. The minimum absolute atomic E-state index is 0.122. The molecular weight excluding hydrogens is 290 g/mol. The Kier molecular flexibility index (Phi) is 6.24. The number of nitrogens with zero attached hydrogens (tertiary/aromatic N) is 1. The van der Waals surface area contributed by atoms with Crippen LogP contribution in [0.1, 0.15) is 40.2 Å². The molecule has 0 spiro atoms. The molecule has 0 N–H and O–H groups in total. The average molecular weight is 322 g/mol. The number of rotatable bonds is 5. The van der Waals surface area contributed by atoms with Gasteiger partial charge in [0.15, 0.2) is 0 Å². The normalized spacial score (nSPS) is 11.9. The quantitative estimate of drug-likeness (QED) is 0.752. The van der Waals surface area contributed by atoms with Gasteiger partial charge >= 0.3 is 6.09 Å². The number of amides is 1. The molecule has 1 amide bonds. The van der Waals surface area contributed by atoms with Crippen LogP contribution in [0.15, 0.2) is 18.2 Å². The van der Waals surface area contributed by atoms with Crippen LogP contribution < -0.4 is 9.92 Å². The molecule has 0 aliphatic rings. The zero-order valence-corrected chi connectivity index (χ0v) is 16.4. The zero-order chi connectivity index (χ0) is 17.1. The fraction of sp³-hybridized carbons (Fsp3) is 0.611. The molecule has 0 unspecified atom stereocenters. The maximum absolute atomic E-state index is 12.7. The van der Waals surface area contributed by atoms with Crippen molar-refractivity contribution in [1.29, 1.82) is 0 Å². The Morgan fingerprint density at radius 2 is 1.68 bits per heavy atom. The van der Waals surface area contributed by atoms with E-state index in [4.69, 9.17) is 4.74 Å². The van der Waals surface area contributed by atoms with Gasteiger partial charge in [0.1, 0.15) is 5.75 Å². The van der Waals surface area contributed by atoms with Crippen molar-refractivity contribution in [1.82, 2.24) is 4.90 Å². The van der Waals surface area contributed by atoms with Crippen LogP contribution >= 0.6 is 0 Å². The Morgan fingerprint density at radius 1 is 1.14 bits per heavy atom. The predicted molar refractivity (Wildman–Crippen MR) is 96.9 cm³/mol. The Labute approximate surface area is 136 Å². The molecule has 22 heavy (non-hydrogen) atoms. The van der Waals surface area contributed by atoms with Crippen molar-refractivity contribution in [3.05, 3.63) is 23.8 Å². The molecule has 0 saturated carbocycles. The topological polar surface area (TPSA) is 29.5 Å². The third-order valence-electron chi connectivity index (χ3n) is 3.80. The van der Waals surface area contributed by atoms with Crippen LogP contribution in [0.5, 0.6) is 5.75 Å². The van der Waals surface area contributed by atoms with Crippen molar-refractivity contribution in [3.63, 3.8) is 0 Å². The molecule has 0 atom stereocenters. The van der Waals surface area contributed by atoms with E-state index in [1.54, 1.807) is 4.90 Å². The average Bonchev–Trinajstić information content (AvgIpc) is 2.36. The second-order valence-electron chi connectivity index (χ2n) is 7.36. The first-order chi connectivity index (χ1) is 10.1. The summed E-state index contributed by atoms with van der Waals surface area (Å²) in [6.07, 6.45) is 0.620. The molecule has 0 radical (unpaired) electrons. The van der Waals surface area contributed by atoms with Gasteiger partial charge in [0.05, 0.1) is 8.07 Å². The summed E-state index contributed by atoms with van der Waals surface area (Å²) in [6, 6.07) is 6.49. The first-order valence-corrected chi connectivity index (χ1v) is 11.7. The lowest BCUT2D eigenvalue weighted by atomic mass is 10.1. The molecule has 3 nitrogen and oxygen atoms in total. The second-order valence-corrected chi connectivity index (χ2v) is 12.4. The van der Waals surface area contributed by atoms with Crippen LogP contribution in [0.3, 0.4) is 0 Å². The highest BCUT2D eigenvalue weighted by Crippen LogP contribution is 2.22. The Bertz CT molecular complexity index is 510. The molecule has 1 aromatic carbocycles. The van der Waals surface area contributed by atoms with Crippen molar-refractivity contribution in [2.24, 2.45) is 0 Å². The monoisotopic (exact) mass is 321 g/mol. The van der Waals surface area contributed by atoms with Crippen molar-refractivity contribution in [3.8, 4) is 5.75 Å². The summed E-state index contributed by atoms with van der Waals surface area (Å²) in [4.78, 5) is 14.5. The highest BCUT2D eigenvalue weighted by atomic mass is 28.3. The molecule has 124 valence electrons. The fourth-order valence-electron chi connectivity index (χ4n) is 2.73. The largest absolute Gasteiger partial charge is 0.415 e. The number of para-hydroxylation sites is 1. The number of ether oxygens (including phenoxy) is 1. The van der Waals surface area contributed by atoms with Gasteiger partial charge in [0.25, 0.3) is 0 Å². The molecular formula is C18H31NO2Si. The Morgan fingerprint density at radius 3 is 2.09 bits per heavy atom. The van der Waals surface area contributed by atoms with E-state index in [1.165, 1.54) is 5.19 Å². The van der Waals surface area contributed by atoms with Gasteiger partial charge in [-0.05, 0) is 44.9 Å². The van der Waals surface area contributed by atoms with E-state index in [-0.39, 0.29) is 18.2 Å². The Hall–Kier alpha value is -1.29. The number of hydrogen-bond donors (Lipinski definition) is 0. The van der Waals surface area contributed by atoms with Crippen molar-refractivity contribution in [2.75, 3.05) is 0 Å². The lowest BCUT2D eigenvalue weighted by Crippen LogP contribution is -2.46. The van der Waals surface area contributed by atoms with Crippen LogP contribution in [0.25, 0.3) is 0 Å². The molecule has 0 aromatic heterocycles. The molecule has 0 aliphatic carbocycles. The molecule has 0 fully saturated rings. The molecule has 0 aliphatic heterocycles. The summed E-state index contributed by atoms with van der Waals surface area (Å²) in [6.45, 7) is 17.0. The SMILES string of the molecule is CCc1cccc([Si](C)(C)C)c1OC(=O)N(C(C)C)C(C)C. The molecule has 0 saturated heterocycles. The fourth-order valence-corrected chi connectivity index (χ4v) is 4.22. The Balaban J connectivity index is 3.24. The van der Waals surface area contributed by atoms with Crippen molar-refractivity contribution in [2.45, 2.75) is 72.8 Å². The number of benzene rings is 1. The first kappa shape index (κ1) is 18.8. The molecule has 1 aromatic rings. The minimum atomic E-state index is -1.58. The smallest absolute Gasteiger partial charge is 0.410 e. The van der Waals surface area contributed by atoms with E-state index in [9.17, 15) is 4.79 Å². The standard InChI is InChI=1S/C18H31NO2Si/c1-9-15-11-10-12-16(22(6,7)8)17(15)21-18(20)19(13(2)3)14(4)5/h10-14H,9H2,1-8H3. The van der Waals surface area contributed by atoms with Crippen molar-refractivity contribution >= 4 is 19.4 Å². The van der Waals surface area contributed by atoms with Crippen LogP contribution in [-0.2, 0) is 6.42 Å². The minimum Gasteiger partial charge on any atom is -0.410 e. The van der Waals surface area contributed by atoms with Gasteiger partial charge in [-0.25, -0.2) is 4.79 Å². The summed E-state index contributed by atoms with van der Waals surface area (Å²) >= 11 is 0. The summed E-state index contributed by atoms with van der Waals surface area (Å²) in [5, 5.41) is 1.22. The first-order valence-electron chi connectivity index (χ1n) is 8.22. The number of carbonyl (C=O) groups excluding carboxylic acids is 1.